The number of rotatable bonds is 5. The molecule has 0 radical (unpaired) electrons. The van der Waals surface area contributed by atoms with E-state index >= 15 is 0 Å². The Morgan fingerprint density at radius 1 is 1.08 bits per heavy atom. The van der Waals surface area contributed by atoms with E-state index in [-0.39, 0.29) is 5.57 Å². The van der Waals surface area contributed by atoms with E-state index in [1.54, 1.807) is 0 Å². The Bertz CT molecular complexity index is 313. The Morgan fingerprint density at radius 3 is 1.92 bits per heavy atom. The molecule has 1 amide bonds. The van der Waals surface area contributed by atoms with Gasteiger partial charge in [0.25, 0.3) is 5.91 Å². The van der Waals surface area contributed by atoms with E-state index in [2.05, 4.69) is 13.2 Å². The van der Waals surface area contributed by atoms with Gasteiger partial charge in [-0.1, -0.05) is 13.2 Å². The van der Waals surface area contributed by atoms with Gasteiger partial charge in [0.15, 0.2) is 11.6 Å². The summed E-state index contributed by atoms with van der Waals surface area (Å²) < 4.78 is 0. The van der Waals surface area contributed by atoms with Crippen LogP contribution < -0.4 is 5.73 Å². The van der Waals surface area contributed by atoms with Gasteiger partial charge in [-0.05, 0) is 12.2 Å². The summed E-state index contributed by atoms with van der Waals surface area (Å²) in [6.45, 7) is 6.34. The van der Waals surface area contributed by atoms with Gasteiger partial charge in [-0.2, -0.15) is 0 Å². The molecule has 0 unspecified atom stereocenters. The van der Waals surface area contributed by atoms with Crippen LogP contribution in [0.2, 0.25) is 0 Å². The van der Waals surface area contributed by atoms with Crippen molar-refractivity contribution in [3.05, 3.63) is 37.0 Å². The Morgan fingerprint density at radius 2 is 1.62 bits per heavy atom. The molecule has 0 spiro atoms. The lowest BCUT2D eigenvalue weighted by Crippen LogP contribution is -2.20. The van der Waals surface area contributed by atoms with Crippen LogP contribution in [0.15, 0.2) is 37.0 Å². The number of carbonyl (C=O) groups excluding carboxylic acids is 3. The highest BCUT2D eigenvalue weighted by atomic mass is 16.2. The first kappa shape index (κ1) is 11.0. The number of hydrogen-bond acceptors (Lipinski definition) is 3. The van der Waals surface area contributed by atoms with Gasteiger partial charge in [-0.15, -0.1) is 0 Å². The zero-order valence-electron chi connectivity index (χ0n) is 6.95. The lowest BCUT2D eigenvalue weighted by atomic mass is 10.1. The second-order valence-corrected chi connectivity index (χ2v) is 2.10. The molecule has 0 aromatic heterocycles. The van der Waals surface area contributed by atoms with Crippen molar-refractivity contribution < 1.29 is 14.4 Å². The molecule has 4 nitrogen and oxygen atoms in total. The number of nitrogens with two attached hydrogens (primary N) is 1. The molecule has 13 heavy (non-hydrogen) atoms. The van der Waals surface area contributed by atoms with Gasteiger partial charge in [0.05, 0.1) is 5.57 Å². The molecule has 0 bridgehead atoms. The summed E-state index contributed by atoms with van der Waals surface area (Å²) in [5.74, 6) is -2.19. The maximum atomic E-state index is 10.9. The first-order chi connectivity index (χ1) is 6.02. The van der Waals surface area contributed by atoms with E-state index in [1.165, 1.54) is 0 Å². The summed E-state index contributed by atoms with van der Waals surface area (Å²) in [5.41, 5.74) is 4.46. The Kier molecular flexibility index (Phi) is 4.09. The smallest absolute Gasteiger partial charge is 0.252 e. The highest BCUT2D eigenvalue weighted by molar-refractivity contribution is 6.26. The molecule has 0 aromatic carbocycles. The number of ketones is 2. The lowest BCUT2D eigenvalue weighted by molar-refractivity contribution is -0.119. The van der Waals surface area contributed by atoms with Gasteiger partial charge < -0.3 is 5.73 Å². The topological polar surface area (TPSA) is 77.2 Å². The molecule has 68 valence electrons. The van der Waals surface area contributed by atoms with E-state index in [0.29, 0.717) is 0 Å². The maximum Gasteiger partial charge on any atom is 0.252 e. The van der Waals surface area contributed by atoms with Crippen molar-refractivity contribution in [2.24, 2.45) is 5.73 Å². The van der Waals surface area contributed by atoms with Crippen LogP contribution in [0.3, 0.4) is 0 Å². The molecule has 0 aromatic rings. The van der Waals surface area contributed by atoms with E-state index in [1.807, 2.05) is 0 Å². The number of amides is 1. The van der Waals surface area contributed by atoms with Crippen LogP contribution in [0, 0.1) is 0 Å². The summed E-state index contributed by atoms with van der Waals surface area (Å²) in [6.07, 6.45) is 2.71. The first-order valence-corrected chi connectivity index (χ1v) is 3.37. The van der Waals surface area contributed by atoms with E-state index in [0.717, 1.165) is 18.2 Å². The summed E-state index contributed by atoms with van der Waals surface area (Å²) in [4.78, 5) is 32.3. The minimum absolute atomic E-state index is 0.389. The molecule has 0 aliphatic carbocycles. The normalized spacial score (nSPS) is 10.3. The third-order valence-corrected chi connectivity index (χ3v) is 1.20. The standard InChI is InChI=1S/C9H9NO3/c1-3-6(11)5-7(9(10)13)8(12)4-2/h3-5H,1-2H2,(H2,10,13)/b7-5-. The first-order valence-electron chi connectivity index (χ1n) is 3.37. The number of hydrogen-bond donors (Lipinski definition) is 1. The summed E-state index contributed by atoms with van der Waals surface area (Å²) in [5, 5.41) is 0. The van der Waals surface area contributed by atoms with Crippen molar-refractivity contribution in [1.29, 1.82) is 0 Å². The number of carbonyl (C=O) groups is 3. The summed E-state index contributed by atoms with van der Waals surface area (Å²) in [7, 11) is 0. The van der Waals surface area contributed by atoms with Gasteiger partial charge in [0.2, 0.25) is 0 Å². The predicted octanol–water partition coefficient (Wildman–Crippen LogP) is -0.0917. The number of primary amides is 1. The highest BCUT2D eigenvalue weighted by Crippen LogP contribution is 1.97. The van der Waals surface area contributed by atoms with Gasteiger partial charge in [0.1, 0.15) is 0 Å². The fraction of sp³-hybridized carbons (Fsp3) is 0. The Labute approximate surface area is 75.4 Å². The van der Waals surface area contributed by atoms with Crippen LogP contribution in [0.1, 0.15) is 0 Å². The van der Waals surface area contributed by atoms with Crippen LogP contribution >= 0.6 is 0 Å². The lowest BCUT2D eigenvalue weighted by Gasteiger charge is -1.95. The fourth-order valence-electron chi connectivity index (χ4n) is 0.575. The average molecular weight is 179 g/mol. The molecule has 0 saturated heterocycles. The molecule has 0 rings (SSSR count). The third kappa shape index (κ3) is 3.29. The maximum absolute atomic E-state index is 10.9. The Balaban J connectivity index is 5.02. The zero-order valence-corrected chi connectivity index (χ0v) is 6.95. The van der Waals surface area contributed by atoms with Crippen molar-refractivity contribution in [1.82, 2.24) is 0 Å². The minimum atomic E-state index is -0.958. The van der Waals surface area contributed by atoms with Gasteiger partial charge in [-0.3, -0.25) is 14.4 Å². The molecule has 2 N–H and O–H groups in total. The second-order valence-electron chi connectivity index (χ2n) is 2.10. The third-order valence-electron chi connectivity index (χ3n) is 1.20. The van der Waals surface area contributed by atoms with Crippen LogP contribution in [0.5, 0.6) is 0 Å². The van der Waals surface area contributed by atoms with Gasteiger partial charge in [0, 0.05) is 6.08 Å². The molecule has 0 aliphatic rings. The summed E-state index contributed by atoms with van der Waals surface area (Å²) >= 11 is 0. The molecular weight excluding hydrogens is 170 g/mol. The van der Waals surface area contributed by atoms with Crippen molar-refractivity contribution >= 4 is 17.5 Å². The fourth-order valence-corrected chi connectivity index (χ4v) is 0.575. The summed E-state index contributed by atoms with van der Waals surface area (Å²) in [6, 6.07) is 0. The van der Waals surface area contributed by atoms with E-state index in [9.17, 15) is 14.4 Å². The van der Waals surface area contributed by atoms with E-state index in [4.69, 9.17) is 5.73 Å². The zero-order chi connectivity index (χ0) is 10.4. The van der Waals surface area contributed by atoms with Crippen LogP contribution in [-0.4, -0.2) is 17.5 Å². The molecule has 0 saturated carbocycles. The minimum Gasteiger partial charge on any atom is -0.365 e. The molecule has 0 aliphatic heterocycles. The van der Waals surface area contributed by atoms with Gasteiger partial charge >= 0.3 is 0 Å². The van der Waals surface area contributed by atoms with Crippen molar-refractivity contribution in [3.63, 3.8) is 0 Å². The average Bonchev–Trinajstić information content (AvgIpc) is 2.11. The monoisotopic (exact) mass is 179 g/mol. The van der Waals surface area contributed by atoms with Crippen molar-refractivity contribution in [2.45, 2.75) is 0 Å². The Hall–Kier alpha value is -1.97. The van der Waals surface area contributed by atoms with Gasteiger partial charge in [-0.25, -0.2) is 0 Å². The molecule has 0 atom stereocenters. The van der Waals surface area contributed by atoms with Crippen molar-refractivity contribution in [2.75, 3.05) is 0 Å². The molecule has 0 fully saturated rings. The molecule has 4 heteroatoms. The second kappa shape index (κ2) is 4.82. The number of allylic oxidation sites excluding steroid dienone is 3. The highest BCUT2D eigenvalue weighted by Gasteiger charge is 2.12. The van der Waals surface area contributed by atoms with Crippen LogP contribution in [0.4, 0.5) is 0 Å². The van der Waals surface area contributed by atoms with E-state index < -0.39 is 17.5 Å². The van der Waals surface area contributed by atoms with Crippen LogP contribution in [0.25, 0.3) is 0 Å². The SMILES string of the molecule is C=CC(=O)/C=C(\C(N)=O)C(=O)C=C. The molecule has 0 heterocycles. The quantitative estimate of drug-likeness (QED) is 0.364. The predicted molar refractivity (Wildman–Crippen MR) is 47.7 cm³/mol. The van der Waals surface area contributed by atoms with Crippen molar-refractivity contribution in [3.8, 4) is 0 Å². The molecular formula is C9H9NO3. The van der Waals surface area contributed by atoms with Crippen LogP contribution in [-0.2, 0) is 14.4 Å². The largest absolute Gasteiger partial charge is 0.365 e.